The summed E-state index contributed by atoms with van der Waals surface area (Å²) in [5.41, 5.74) is 0.537. The minimum atomic E-state index is -3.56. The van der Waals surface area contributed by atoms with Crippen molar-refractivity contribution >= 4 is 33.2 Å². The number of nitrogens with one attached hydrogen (secondary N) is 1. The predicted molar refractivity (Wildman–Crippen MR) is 101 cm³/mol. The van der Waals surface area contributed by atoms with Crippen LogP contribution in [0.1, 0.15) is 30.1 Å². The second kappa shape index (κ2) is 8.62. The molecule has 0 saturated heterocycles. The molecule has 8 heteroatoms. The van der Waals surface area contributed by atoms with Crippen LogP contribution < -0.4 is 5.32 Å². The highest BCUT2D eigenvalue weighted by Crippen LogP contribution is 2.21. The second-order valence-corrected chi connectivity index (χ2v) is 8.23. The lowest BCUT2D eigenvalue weighted by Gasteiger charge is -2.17. The Morgan fingerprint density at radius 3 is 2.42 bits per heavy atom. The highest BCUT2D eigenvalue weighted by molar-refractivity contribution is 7.89. The van der Waals surface area contributed by atoms with E-state index < -0.39 is 21.7 Å². The number of carbonyl (C=O) groups is 1. The number of sulfonamides is 1. The number of hydrogen-bond donors (Lipinski definition) is 1. The lowest BCUT2D eigenvalue weighted by atomic mass is 10.2. The van der Waals surface area contributed by atoms with Gasteiger partial charge in [-0.15, -0.1) is 0 Å². The molecule has 1 amide bonds. The molecule has 0 aliphatic heterocycles. The minimum Gasteiger partial charge on any atom is -0.322 e. The van der Waals surface area contributed by atoms with Gasteiger partial charge in [0.25, 0.3) is 5.91 Å². The van der Waals surface area contributed by atoms with Crippen LogP contribution in [0, 0.1) is 5.82 Å². The normalized spacial score (nSPS) is 11.6. The quantitative estimate of drug-likeness (QED) is 0.761. The van der Waals surface area contributed by atoms with E-state index >= 15 is 0 Å². The van der Waals surface area contributed by atoms with E-state index in [0.29, 0.717) is 12.2 Å². The molecule has 0 aliphatic rings. The maximum absolute atomic E-state index is 13.1. The van der Waals surface area contributed by atoms with Crippen molar-refractivity contribution in [2.75, 3.05) is 18.9 Å². The van der Waals surface area contributed by atoms with Crippen molar-refractivity contribution in [2.45, 2.75) is 24.7 Å². The Morgan fingerprint density at radius 2 is 1.85 bits per heavy atom. The first-order valence-corrected chi connectivity index (χ1v) is 9.90. The fourth-order valence-corrected chi connectivity index (χ4v) is 3.73. The molecule has 0 spiro atoms. The molecular formula is C18H20ClFN2O3S. The van der Waals surface area contributed by atoms with Crippen molar-refractivity contribution in [3.63, 3.8) is 0 Å². The molecule has 0 radical (unpaired) electrons. The summed E-state index contributed by atoms with van der Waals surface area (Å²) >= 11 is 5.87. The van der Waals surface area contributed by atoms with E-state index in [0.717, 1.165) is 25.0 Å². The summed E-state index contributed by atoms with van der Waals surface area (Å²) in [4.78, 5) is 12.4. The molecule has 0 unspecified atom stereocenters. The third-order valence-corrected chi connectivity index (χ3v) is 6.01. The summed E-state index contributed by atoms with van der Waals surface area (Å²) in [6.07, 6.45) is 1.68. The molecule has 0 bridgehead atoms. The fraction of sp³-hybridized carbons (Fsp3) is 0.278. The first kappa shape index (κ1) is 20.4. The van der Waals surface area contributed by atoms with Gasteiger partial charge < -0.3 is 5.32 Å². The third-order valence-electron chi connectivity index (χ3n) is 3.82. The van der Waals surface area contributed by atoms with E-state index in [-0.39, 0.29) is 15.5 Å². The Labute approximate surface area is 157 Å². The molecule has 0 aromatic heterocycles. The maximum atomic E-state index is 13.1. The van der Waals surface area contributed by atoms with Crippen molar-refractivity contribution in [2.24, 2.45) is 0 Å². The van der Waals surface area contributed by atoms with Gasteiger partial charge in [-0.05, 0) is 48.9 Å². The summed E-state index contributed by atoms with van der Waals surface area (Å²) in [6, 6.07) is 9.33. The van der Waals surface area contributed by atoms with Gasteiger partial charge in [0.05, 0.1) is 15.5 Å². The third kappa shape index (κ3) is 4.81. The molecule has 0 saturated carbocycles. The average molecular weight is 399 g/mol. The van der Waals surface area contributed by atoms with Gasteiger partial charge in [0.2, 0.25) is 10.0 Å². The Balaban J connectivity index is 2.13. The molecule has 26 heavy (non-hydrogen) atoms. The molecule has 5 nitrogen and oxygen atoms in total. The number of hydrogen-bond acceptors (Lipinski definition) is 3. The summed E-state index contributed by atoms with van der Waals surface area (Å²) < 4.78 is 39.3. The van der Waals surface area contributed by atoms with Crippen LogP contribution in [0.5, 0.6) is 0 Å². The van der Waals surface area contributed by atoms with Crippen molar-refractivity contribution in [1.29, 1.82) is 0 Å². The first-order chi connectivity index (χ1) is 12.3. The number of amides is 1. The van der Waals surface area contributed by atoms with Gasteiger partial charge in [0, 0.05) is 19.3 Å². The number of halogens is 2. The number of carbonyl (C=O) groups excluding carboxylic acids is 1. The number of rotatable bonds is 7. The Hall–Kier alpha value is -1.96. The van der Waals surface area contributed by atoms with Crippen LogP contribution in [0.15, 0.2) is 47.4 Å². The number of nitrogens with zero attached hydrogens (tertiary/aromatic N) is 1. The smallest absolute Gasteiger partial charge is 0.257 e. The van der Waals surface area contributed by atoms with Gasteiger partial charge in [-0.2, -0.15) is 0 Å². The van der Waals surface area contributed by atoms with Crippen LogP contribution >= 0.6 is 11.6 Å². The summed E-state index contributed by atoms with van der Waals surface area (Å²) in [6.45, 7) is 2.44. The van der Waals surface area contributed by atoms with Gasteiger partial charge in [-0.1, -0.05) is 24.9 Å². The molecule has 140 valence electrons. The molecule has 2 aromatic rings. The van der Waals surface area contributed by atoms with E-state index in [4.69, 9.17) is 11.6 Å². The van der Waals surface area contributed by atoms with E-state index in [1.807, 2.05) is 6.92 Å². The Morgan fingerprint density at radius 1 is 1.19 bits per heavy atom. The van der Waals surface area contributed by atoms with Gasteiger partial charge >= 0.3 is 0 Å². The molecule has 1 N–H and O–H groups in total. The van der Waals surface area contributed by atoms with E-state index in [1.165, 1.54) is 41.7 Å². The minimum absolute atomic E-state index is 0.000697. The largest absolute Gasteiger partial charge is 0.322 e. The van der Waals surface area contributed by atoms with E-state index in [1.54, 1.807) is 0 Å². The average Bonchev–Trinajstić information content (AvgIpc) is 2.59. The number of benzene rings is 2. The van der Waals surface area contributed by atoms with Crippen LogP contribution in [0.3, 0.4) is 0 Å². The van der Waals surface area contributed by atoms with Crippen LogP contribution in [0.25, 0.3) is 0 Å². The van der Waals surface area contributed by atoms with Gasteiger partial charge in [-0.3, -0.25) is 4.79 Å². The number of anilines is 1. The zero-order valence-corrected chi connectivity index (χ0v) is 16.1. The molecule has 0 aliphatic carbocycles. The zero-order valence-electron chi connectivity index (χ0n) is 14.5. The number of unbranched alkanes of at least 4 members (excludes halogenated alkanes) is 1. The van der Waals surface area contributed by atoms with Crippen molar-refractivity contribution in [3.8, 4) is 0 Å². The van der Waals surface area contributed by atoms with Crippen LogP contribution in [0.4, 0.5) is 10.1 Å². The molecular weight excluding hydrogens is 379 g/mol. The second-order valence-electron chi connectivity index (χ2n) is 5.78. The maximum Gasteiger partial charge on any atom is 0.257 e. The van der Waals surface area contributed by atoms with Crippen LogP contribution in [-0.4, -0.2) is 32.2 Å². The van der Waals surface area contributed by atoms with Crippen LogP contribution in [0.2, 0.25) is 5.02 Å². The highest BCUT2D eigenvalue weighted by atomic mass is 35.5. The van der Waals surface area contributed by atoms with Gasteiger partial charge in [0.1, 0.15) is 5.82 Å². The van der Waals surface area contributed by atoms with Crippen LogP contribution in [-0.2, 0) is 10.0 Å². The predicted octanol–water partition coefficient (Wildman–Crippen LogP) is 4.15. The Kier molecular flexibility index (Phi) is 6.75. The lowest BCUT2D eigenvalue weighted by molar-refractivity contribution is 0.102. The molecule has 2 rings (SSSR count). The lowest BCUT2D eigenvalue weighted by Crippen LogP contribution is -2.27. The zero-order chi connectivity index (χ0) is 19.3. The SMILES string of the molecule is CCCCN(C)S(=O)(=O)c1ccc(NC(=O)c2ccc(F)cc2Cl)cc1. The molecule has 0 fully saturated rings. The van der Waals surface area contributed by atoms with E-state index in [9.17, 15) is 17.6 Å². The van der Waals surface area contributed by atoms with Crippen molar-refractivity contribution in [3.05, 3.63) is 58.9 Å². The van der Waals surface area contributed by atoms with Gasteiger partial charge in [-0.25, -0.2) is 17.1 Å². The monoisotopic (exact) mass is 398 g/mol. The topological polar surface area (TPSA) is 66.5 Å². The summed E-state index contributed by atoms with van der Waals surface area (Å²) in [7, 11) is -2.02. The standard InChI is InChI=1S/C18H20ClFN2O3S/c1-3-4-11-22(2)26(24,25)15-8-6-14(7-9-15)21-18(23)16-10-5-13(20)12-17(16)19/h5-10,12H,3-4,11H2,1-2H3,(H,21,23). The van der Waals surface area contributed by atoms with Gasteiger partial charge in [0.15, 0.2) is 0 Å². The van der Waals surface area contributed by atoms with Crippen molar-refractivity contribution < 1.29 is 17.6 Å². The fourth-order valence-electron chi connectivity index (χ4n) is 2.26. The molecule has 2 aromatic carbocycles. The summed E-state index contributed by atoms with van der Waals surface area (Å²) in [5, 5.41) is 2.61. The Bertz CT molecular complexity index is 886. The molecule has 0 heterocycles. The molecule has 0 atom stereocenters. The highest BCUT2D eigenvalue weighted by Gasteiger charge is 2.20. The van der Waals surface area contributed by atoms with E-state index in [2.05, 4.69) is 5.32 Å². The first-order valence-electron chi connectivity index (χ1n) is 8.08. The summed E-state index contributed by atoms with van der Waals surface area (Å²) in [5.74, 6) is -1.04. The van der Waals surface area contributed by atoms with Crippen molar-refractivity contribution in [1.82, 2.24) is 4.31 Å².